The lowest BCUT2D eigenvalue weighted by atomic mass is 10.2. The summed E-state index contributed by atoms with van der Waals surface area (Å²) in [6, 6.07) is 11.4. The zero-order chi connectivity index (χ0) is 16.4. The van der Waals surface area contributed by atoms with E-state index in [1.54, 1.807) is 24.3 Å². The molecule has 1 fully saturated rings. The van der Waals surface area contributed by atoms with E-state index in [0.29, 0.717) is 20.8 Å². The molecular formula is C17H12ClFN2OS. The molecule has 0 bridgehead atoms. The van der Waals surface area contributed by atoms with E-state index in [4.69, 9.17) is 11.6 Å². The molecule has 1 heterocycles. The van der Waals surface area contributed by atoms with E-state index in [-0.39, 0.29) is 11.7 Å². The Morgan fingerprint density at radius 2 is 1.96 bits per heavy atom. The molecule has 0 unspecified atom stereocenters. The van der Waals surface area contributed by atoms with Gasteiger partial charge in [-0.25, -0.2) is 9.38 Å². The van der Waals surface area contributed by atoms with Crippen molar-refractivity contribution in [2.45, 2.75) is 6.92 Å². The van der Waals surface area contributed by atoms with Crippen LogP contribution in [0.4, 0.5) is 10.1 Å². The van der Waals surface area contributed by atoms with Crippen LogP contribution < -0.4 is 5.32 Å². The van der Waals surface area contributed by atoms with Crippen molar-refractivity contribution in [2.75, 3.05) is 0 Å². The van der Waals surface area contributed by atoms with Crippen LogP contribution in [0.15, 0.2) is 52.4 Å². The number of nitrogens with zero attached hydrogens (tertiary/aromatic N) is 1. The number of benzene rings is 2. The summed E-state index contributed by atoms with van der Waals surface area (Å²) in [4.78, 5) is 17.0. The van der Waals surface area contributed by atoms with Crippen molar-refractivity contribution in [1.29, 1.82) is 0 Å². The van der Waals surface area contributed by atoms with Gasteiger partial charge in [-0.3, -0.25) is 4.79 Å². The number of amidine groups is 1. The van der Waals surface area contributed by atoms with E-state index in [1.165, 1.54) is 23.9 Å². The molecule has 0 atom stereocenters. The summed E-state index contributed by atoms with van der Waals surface area (Å²) < 4.78 is 12.9. The highest BCUT2D eigenvalue weighted by atomic mass is 35.5. The van der Waals surface area contributed by atoms with Crippen molar-refractivity contribution in [1.82, 2.24) is 5.32 Å². The number of nitrogens with one attached hydrogen (secondary N) is 1. The summed E-state index contributed by atoms with van der Waals surface area (Å²) >= 11 is 7.31. The van der Waals surface area contributed by atoms with Crippen LogP contribution in [0.2, 0.25) is 5.02 Å². The van der Waals surface area contributed by atoms with Crippen LogP contribution in [0.1, 0.15) is 11.1 Å². The lowest BCUT2D eigenvalue weighted by molar-refractivity contribution is -0.115. The summed E-state index contributed by atoms with van der Waals surface area (Å²) in [6.07, 6.45) is 1.70. The highest BCUT2D eigenvalue weighted by Crippen LogP contribution is 2.31. The number of halogens is 2. The van der Waals surface area contributed by atoms with E-state index in [1.807, 2.05) is 19.1 Å². The van der Waals surface area contributed by atoms with E-state index >= 15 is 0 Å². The number of amides is 1. The van der Waals surface area contributed by atoms with E-state index in [0.717, 1.165) is 11.1 Å². The largest absolute Gasteiger partial charge is 0.300 e. The smallest absolute Gasteiger partial charge is 0.264 e. The molecule has 1 amide bonds. The summed E-state index contributed by atoms with van der Waals surface area (Å²) in [6.45, 7) is 1.87. The maximum absolute atomic E-state index is 12.9. The SMILES string of the molecule is Cc1c(Cl)cccc1N=C1NC(=O)C(=Cc2ccc(F)cc2)S1. The Labute approximate surface area is 142 Å². The van der Waals surface area contributed by atoms with Gasteiger partial charge in [-0.1, -0.05) is 29.8 Å². The molecule has 2 aromatic rings. The third-order valence-electron chi connectivity index (χ3n) is 3.28. The first-order valence-corrected chi connectivity index (χ1v) is 8.02. The second-order valence-corrected chi connectivity index (χ2v) is 6.36. The molecule has 0 saturated carbocycles. The van der Waals surface area contributed by atoms with Crippen LogP contribution >= 0.6 is 23.4 Å². The molecule has 0 radical (unpaired) electrons. The Hall–Kier alpha value is -2.11. The van der Waals surface area contributed by atoms with Crippen LogP contribution in [0.5, 0.6) is 0 Å². The first kappa shape index (κ1) is 15.8. The standard InChI is InChI=1S/C17H12ClFN2OS/c1-10-13(18)3-2-4-14(10)20-17-21-16(22)15(23-17)9-11-5-7-12(19)8-6-11/h2-9H,1H3,(H,20,21,22). The van der Waals surface area contributed by atoms with Crippen molar-refractivity contribution < 1.29 is 9.18 Å². The predicted octanol–water partition coefficient (Wildman–Crippen LogP) is 4.68. The quantitative estimate of drug-likeness (QED) is 0.802. The fraction of sp³-hybridized carbons (Fsp3) is 0.0588. The maximum Gasteiger partial charge on any atom is 0.264 e. The Kier molecular flexibility index (Phi) is 4.50. The van der Waals surface area contributed by atoms with E-state index < -0.39 is 0 Å². The molecule has 6 heteroatoms. The molecule has 1 saturated heterocycles. The van der Waals surface area contributed by atoms with Gasteiger partial charge in [0.05, 0.1) is 10.6 Å². The minimum absolute atomic E-state index is 0.224. The summed E-state index contributed by atoms with van der Waals surface area (Å²) in [5.41, 5.74) is 2.32. The van der Waals surface area contributed by atoms with Gasteiger partial charge in [0.2, 0.25) is 0 Å². The van der Waals surface area contributed by atoms with Gasteiger partial charge in [0.25, 0.3) is 5.91 Å². The molecule has 1 aliphatic rings. The molecule has 3 rings (SSSR count). The second-order valence-electron chi connectivity index (χ2n) is 4.92. The van der Waals surface area contributed by atoms with Crippen molar-refractivity contribution in [3.63, 3.8) is 0 Å². The number of carbonyl (C=O) groups excluding carboxylic acids is 1. The molecule has 3 nitrogen and oxygen atoms in total. The van der Waals surface area contributed by atoms with Gasteiger partial charge in [-0.2, -0.15) is 0 Å². The number of carbonyl (C=O) groups is 1. The first-order chi connectivity index (χ1) is 11.0. The van der Waals surface area contributed by atoms with Gasteiger partial charge >= 0.3 is 0 Å². The monoisotopic (exact) mass is 346 g/mol. The zero-order valence-electron chi connectivity index (χ0n) is 12.1. The average Bonchev–Trinajstić information content (AvgIpc) is 2.86. The van der Waals surface area contributed by atoms with Crippen molar-refractivity contribution >= 4 is 46.2 Å². The topological polar surface area (TPSA) is 41.5 Å². The van der Waals surface area contributed by atoms with Gasteiger partial charge in [0, 0.05) is 5.02 Å². The number of hydrogen-bond donors (Lipinski definition) is 1. The number of aliphatic imine (C=N–C) groups is 1. The van der Waals surface area contributed by atoms with Gasteiger partial charge in [0.1, 0.15) is 5.82 Å². The van der Waals surface area contributed by atoms with Gasteiger partial charge in [-0.05, 0) is 60.2 Å². The van der Waals surface area contributed by atoms with Crippen molar-refractivity contribution in [3.05, 3.63) is 69.3 Å². The summed E-state index contributed by atoms with van der Waals surface area (Å²) in [7, 11) is 0. The van der Waals surface area contributed by atoms with Gasteiger partial charge in [0.15, 0.2) is 5.17 Å². The Morgan fingerprint density at radius 3 is 2.70 bits per heavy atom. The van der Waals surface area contributed by atoms with Crippen molar-refractivity contribution in [2.24, 2.45) is 4.99 Å². The first-order valence-electron chi connectivity index (χ1n) is 6.83. The minimum atomic E-state index is -0.311. The Bertz CT molecular complexity index is 831. The molecule has 0 aromatic heterocycles. The summed E-state index contributed by atoms with van der Waals surface area (Å²) in [5.74, 6) is -0.535. The van der Waals surface area contributed by atoms with E-state index in [2.05, 4.69) is 10.3 Å². The number of rotatable bonds is 2. The zero-order valence-corrected chi connectivity index (χ0v) is 13.7. The fourth-order valence-corrected chi connectivity index (χ4v) is 3.02. The van der Waals surface area contributed by atoms with Gasteiger partial charge < -0.3 is 5.32 Å². The second kappa shape index (κ2) is 6.56. The number of thioether (sulfide) groups is 1. The lowest BCUT2D eigenvalue weighted by Crippen LogP contribution is -2.19. The van der Waals surface area contributed by atoms with Crippen molar-refractivity contribution in [3.8, 4) is 0 Å². The van der Waals surface area contributed by atoms with Gasteiger partial charge in [-0.15, -0.1) is 0 Å². The predicted molar refractivity (Wildman–Crippen MR) is 93.4 cm³/mol. The fourth-order valence-electron chi connectivity index (χ4n) is 2.02. The molecular weight excluding hydrogens is 335 g/mol. The highest BCUT2D eigenvalue weighted by Gasteiger charge is 2.24. The van der Waals surface area contributed by atoms with E-state index in [9.17, 15) is 9.18 Å². The third-order valence-corrected chi connectivity index (χ3v) is 4.60. The van der Waals surface area contributed by atoms with Crippen LogP contribution in [-0.4, -0.2) is 11.1 Å². The molecule has 0 aliphatic carbocycles. The maximum atomic E-state index is 12.9. The molecule has 116 valence electrons. The van der Waals surface area contributed by atoms with Crippen LogP contribution in [0, 0.1) is 12.7 Å². The third kappa shape index (κ3) is 3.63. The molecule has 0 spiro atoms. The molecule has 2 aromatic carbocycles. The average molecular weight is 347 g/mol. The lowest BCUT2D eigenvalue weighted by Gasteiger charge is -2.02. The normalized spacial score (nSPS) is 17.8. The Balaban J connectivity index is 1.86. The minimum Gasteiger partial charge on any atom is -0.300 e. The Morgan fingerprint density at radius 1 is 1.22 bits per heavy atom. The summed E-state index contributed by atoms with van der Waals surface area (Å²) in [5, 5.41) is 3.84. The number of hydrogen-bond acceptors (Lipinski definition) is 3. The van der Waals surface area contributed by atoms with Crippen LogP contribution in [-0.2, 0) is 4.79 Å². The molecule has 23 heavy (non-hydrogen) atoms. The van der Waals surface area contributed by atoms with Crippen LogP contribution in [0.25, 0.3) is 6.08 Å². The highest BCUT2D eigenvalue weighted by molar-refractivity contribution is 8.18. The van der Waals surface area contributed by atoms with Crippen LogP contribution in [0.3, 0.4) is 0 Å². The molecule has 1 N–H and O–H groups in total. The molecule has 1 aliphatic heterocycles.